The van der Waals surface area contributed by atoms with Crippen molar-refractivity contribution < 1.29 is 4.39 Å². The normalized spacial score (nSPS) is 10.6. The number of nitrogens with two attached hydrogens (primary N) is 2. The molecule has 2 aromatic rings. The monoisotopic (exact) mass is 220 g/mol. The largest absolute Gasteiger partial charge is 0.398 e. The van der Waals surface area contributed by atoms with E-state index in [0.717, 1.165) is 0 Å². The number of nitrogen functional groups attached to an aromatic ring is 1. The minimum absolute atomic E-state index is 0.336. The van der Waals surface area contributed by atoms with E-state index in [4.69, 9.17) is 11.5 Å². The molecule has 0 bridgehead atoms. The second-order valence-corrected chi connectivity index (χ2v) is 3.43. The van der Waals surface area contributed by atoms with Crippen LogP contribution >= 0.6 is 0 Å². The van der Waals surface area contributed by atoms with E-state index < -0.39 is 0 Å². The third kappa shape index (κ3) is 1.77. The fraction of sp³-hybridized carbons (Fsp3) is 0.182. The Morgan fingerprint density at radius 3 is 2.88 bits per heavy atom. The molecule has 0 saturated carbocycles. The van der Waals surface area contributed by atoms with Crippen LogP contribution in [0.5, 0.6) is 0 Å². The summed E-state index contributed by atoms with van der Waals surface area (Å²) in [7, 11) is 0. The number of benzene rings is 1. The Morgan fingerprint density at radius 1 is 1.31 bits per heavy atom. The molecule has 5 N–H and O–H groups in total. The topological polar surface area (TPSA) is 77.0 Å². The average molecular weight is 220 g/mol. The van der Waals surface area contributed by atoms with Crippen molar-refractivity contribution in [2.24, 2.45) is 5.73 Å². The molecule has 5 heteroatoms. The van der Waals surface area contributed by atoms with Gasteiger partial charge in [-0.3, -0.25) is 0 Å². The van der Waals surface area contributed by atoms with Crippen molar-refractivity contribution in [3.63, 3.8) is 0 Å². The Labute approximate surface area is 92.5 Å². The van der Waals surface area contributed by atoms with Crippen molar-refractivity contribution in [1.82, 2.24) is 4.98 Å². The second-order valence-electron chi connectivity index (χ2n) is 3.43. The summed E-state index contributed by atoms with van der Waals surface area (Å²) in [5.74, 6) is 0.143. The van der Waals surface area contributed by atoms with E-state index in [1.54, 1.807) is 18.3 Å². The molecular weight excluding hydrogens is 207 g/mol. The lowest BCUT2D eigenvalue weighted by Gasteiger charge is -2.09. The van der Waals surface area contributed by atoms with E-state index in [0.29, 0.717) is 35.4 Å². The molecule has 0 aliphatic carbocycles. The number of hydrogen-bond donors (Lipinski definition) is 3. The van der Waals surface area contributed by atoms with Crippen LogP contribution in [-0.2, 0) is 0 Å². The summed E-state index contributed by atoms with van der Waals surface area (Å²) >= 11 is 0. The Hall–Kier alpha value is -1.88. The van der Waals surface area contributed by atoms with Crippen LogP contribution in [0.4, 0.5) is 15.9 Å². The minimum atomic E-state index is -0.336. The van der Waals surface area contributed by atoms with Crippen LogP contribution in [0.15, 0.2) is 24.4 Å². The highest BCUT2D eigenvalue weighted by Gasteiger charge is 2.09. The van der Waals surface area contributed by atoms with Gasteiger partial charge in [0.1, 0.15) is 11.6 Å². The molecule has 0 unspecified atom stereocenters. The molecule has 16 heavy (non-hydrogen) atoms. The van der Waals surface area contributed by atoms with Gasteiger partial charge in [-0.1, -0.05) is 0 Å². The summed E-state index contributed by atoms with van der Waals surface area (Å²) in [6, 6.07) is 4.58. The van der Waals surface area contributed by atoms with Crippen molar-refractivity contribution in [3.8, 4) is 0 Å². The molecular formula is C11H13FN4. The standard InChI is InChI=1S/C11H13FN4/c12-8-1-2-9(14)7-3-5-15-11(10(7)8)16-6-4-13/h1-3,5H,4,6,13-14H2,(H,15,16). The van der Waals surface area contributed by atoms with E-state index in [-0.39, 0.29) is 5.82 Å². The van der Waals surface area contributed by atoms with E-state index in [2.05, 4.69) is 10.3 Å². The van der Waals surface area contributed by atoms with Crippen molar-refractivity contribution in [2.75, 3.05) is 24.1 Å². The quantitative estimate of drug-likeness (QED) is 0.682. The number of hydrogen-bond acceptors (Lipinski definition) is 4. The number of nitrogens with zero attached hydrogens (tertiary/aromatic N) is 1. The molecule has 0 amide bonds. The molecule has 0 fully saturated rings. The van der Waals surface area contributed by atoms with Gasteiger partial charge in [0.25, 0.3) is 0 Å². The van der Waals surface area contributed by atoms with E-state index in [9.17, 15) is 4.39 Å². The number of aromatic nitrogens is 1. The molecule has 4 nitrogen and oxygen atoms in total. The van der Waals surface area contributed by atoms with Gasteiger partial charge in [-0.05, 0) is 18.2 Å². The Morgan fingerprint density at radius 2 is 2.12 bits per heavy atom. The van der Waals surface area contributed by atoms with Crippen LogP contribution < -0.4 is 16.8 Å². The second kappa shape index (κ2) is 4.32. The third-order valence-electron chi connectivity index (χ3n) is 2.35. The lowest BCUT2D eigenvalue weighted by molar-refractivity contribution is 0.640. The van der Waals surface area contributed by atoms with E-state index in [1.165, 1.54) is 6.07 Å². The Kier molecular flexibility index (Phi) is 2.87. The Balaban J connectivity index is 2.61. The summed E-state index contributed by atoms with van der Waals surface area (Å²) in [4.78, 5) is 4.08. The third-order valence-corrected chi connectivity index (χ3v) is 2.35. The van der Waals surface area contributed by atoms with Crippen molar-refractivity contribution >= 4 is 22.3 Å². The Bertz CT molecular complexity index is 513. The number of pyridine rings is 1. The van der Waals surface area contributed by atoms with Crippen LogP contribution in [0.2, 0.25) is 0 Å². The SMILES string of the molecule is NCCNc1nccc2c(N)ccc(F)c12. The van der Waals surface area contributed by atoms with Crippen LogP contribution in [0, 0.1) is 5.82 Å². The van der Waals surface area contributed by atoms with E-state index >= 15 is 0 Å². The molecule has 0 saturated heterocycles. The zero-order chi connectivity index (χ0) is 11.5. The summed E-state index contributed by atoms with van der Waals surface area (Å²) < 4.78 is 13.7. The van der Waals surface area contributed by atoms with Gasteiger partial charge in [0.15, 0.2) is 0 Å². The van der Waals surface area contributed by atoms with Gasteiger partial charge in [0, 0.05) is 30.4 Å². The van der Waals surface area contributed by atoms with Crippen LogP contribution in [0.25, 0.3) is 10.8 Å². The number of fused-ring (bicyclic) bond motifs is 1. The molecule has 1 heterocycles. The van der Waals surface area contributed by atoms with Gasteiger partial charge in [-0.2, -0.15) is 0 Å². The maximum absolute atomic E-state index is 13.7. The van der Waals surface area contributed by atoms with Crippen molar-refractivity contribution in [3.05, 3.63) is 30.2 Å². The first kappa shape index (κ1) is 10.6. The van der Waals surface area contributed by atoms with Gasteiger partial charge >= 0.3 is 0 Å². The molecule has 0 aliphatic heterocycles. The molecule has 84 valence electrons. The number of anilines is 2. The van der Waals surface area contributed by atoms with Crippen molar-refractivity contribution in [2.45, 2.75) is 0 Å². The highest BCUT2D eigenvalue weighted by molar-refractivity contribution is 5.99. The first-order valence-corrected chi connectivity index (χ1v) is 5.00. The number of rotatable bonds is 3. The lowest BCUT2D eigenvalue weighted by atomic mass is 10.1. The zero-order valence-electron chi connectivity index (χ0n) is 8.70. The van der Waals surface area contributed by atoms with Gasteiger partial charge in [-0.15, -0.1) is 0 Å². The molecule has 0 spiro atoms. The van der Waals surface area contributed by atoms with Gasteiger partial charge in [0.05, 0.1) is 5.39 Å². The average Bonchev–Trinajstić information content (AvgIpc) is 2.31. The minimum Gasteiger partial charge on any atom is -0.398 e. The summed E-state index contributed by atoms with van der Waals surface area (Å²) in [5.41, 5.74) is 11.7. The molecule has 1 aromatic heterocycles. The van der Waals surface area contributed by atoms with Gasteiger partial charge in [-0.25, -0.2) is 9.37 Å². The first-order chi connectivity index (χ1) is 7.74. The highest BCUT2D eigenvalue weighted by atomic mass is 19.1. The maximum Gasteiger partial charge on any atom is 0.136 e. The number of nitrogens with one attached hydrogen (secondary N) is 1. The van der Waals surface area contributed by atoms with Crippen LogP contribution in [0.1, 0.15) is 0 Å². The van der Waals surface area contributed by atoms with Gasteiger partial charge in [0.2, 0.25) is 0 Å². The molecule has 2 rings (SSSR count). The van der Waals surface area contributed by atoms with Crippen LogP contribution in [-0.4, -0.2) is 18.1 Å². The summed E-state index contributed by atoms with van der Waals surface area (Å²) in [6.45, 7) is 1.00. The van der Waals surface area contributed by atoms with Gasteiger partial charge < -0.3 is 16.8 Å². The predicted octanol–water partition coefficient (Wildman–Crippen LogP) is 1.33. The summed E-state index contributed by atoms with van der Waals surface area (Å²) in [5, 5.41) is 4.05. The zero-order valence-corrected chi connectivity index (χ0v) is 8.70. The van der Waals surface area contributed by atoms with Crippen molar-refractivity contribution in [1.29, 1.82) is 0 Å². The van der Waals surface area contributed by atoms with E-state index in [1.807, 2.05) is 0 Å². The molecule has 0 atom stereocenters. The lowest BCUT2D eigenvalue weighted by Crippen LogP contribution is -2.14. The maximum atomic E-state index is 13.7. The smallest absolute Gasteiger partial charge is 0.136 e. The highest BCUT2D eigenvalue weighted by Crippen LogP contribution is 2.28. The fourth-order valence-corrected chi connectivity index (χ4v) is 1.60. The predicted molar refractivity (Wildman–Crippen MR) is 63.7 cm³/mol. The fourth-order valence-electron chi connectivity index (χ4n) is 1.60. The summed E-state index contributed by atoms with van der Waals surface area (Å²) in [6.07, 6.45) is 1.59. The van der Waals surface area contributed by atoms with Crippen LogP contribution in [0.3, 0.4) is 0 Å². The number of halogens is 1. The molecule has 1 aromatic carbocycles. The molecule has 0 radical (unpaired) electrons. The molecule has 0 aliphatic rings. The first-order valence-electron chi connectivity index (χ1n) is 5.00.